The number of epoxide rings is 2. The van der Waals surface area contributed by atoms with Crippen LogP contribution in [0.1, 0.15) is 64.2 Å². The number of carbonyl (C=O) groups is 2. The second kappa shape index (κ2) is 7.23. The van der Waals surface area contributed by atoms with Crippen LogP contribution in [0.4, 0.5) is 0 Å². The van der Waals surface area contributed by atoms with E-state index in [0.717, 1.165) is 38.5 Å². The van der Waals surface area contributed by atoms with Crippen molar-refractivity contribution in [3.05, 3.63) is 0 Å². The van der Waals surface area contributed by atoms with Crippen molar-refractivity contribution in [2.75, 3.05) is 0 Å². The Labute approximate surface area is 148 Å². The largest absolute Gasteiger partial charge is 0.481 e. The number of rotatable bonds is 8. The molecule has 0 aromatic rings. The van der Waals surface area contributed by atoms with Gasteiger partial charge in [-0.25, -0.2) is 0 Å². The number of esters is 1. The minimum atomic E-state index is -0.811. The van der Waals surface area contributed by atoms with Gasteiger partial charge in [0, 0.05) is 12.8 Å². The van der Waals surface area contributed by atoms with Crippen molar-refractivity contribution in [3.8, 4) is 0 Å². The molecule has 2 aliphatic carbocycles. The highest BCUT2D eigenvalue weighted by molar-refractivity contribution is 5.70. The van der Waals surface area contributed by atoms with Gasteiger partial charge in [-0.1, -0.05) is 0 Å². The summed E-state index contributed by atoms with van der Waals surface area (Å²) < 4.78 is 17.3. The zero-order chi connectivity index (χ0) is 17.4. The summed E-state index contributed by atoms with van der Waals surface area (Å²) >= 11 is 0. The Balaban J connectivity index is 1.31. The van der Waals surface area contributed by atoms with E-state index in [2.05, 4.69) is 0 Å². The number of fused-ring (bicyclic) bond motifs is 2. The lowest BCUT2D eigenvalue weighted by molar-refractivity contribution is -0.157. The Kier molecular flexibility index (Phi) is 5.00. The first-order valence-corrected chi connectivity index (χ1v) is 9.82. The van der Waals surface area contributed by atoms with Crippen LogP contribution >= 0.6 is 0 Å². The first kappa shape index (κ1) is 17.3. The van der Waals surface area contributed by atoms with Crippen LogP contribution in [-0.2, 0) is 23.8 Å². The summed E-state index contributed by atoms with van der Waals surface area (Å²) in [4.78, 5) is 22.9. The standard InChI is InChI=1S/C19H28O6/c20-17(21)3-1-2-4-18(22)25-19(11-5-7-13-15(9-11)23-13)12-6-8-14-16(10-12)24-14/h11-16,19H,1-10H2,(H,20,21). The lowest BCUT2D eigenvalue weighted by Gasteiger charge is -2.35. The van der Waals surface area contributed by atoms with Gasteiger partial charge in [-0.3, -0.25) is 9.59 Å². The maximum atomic E-state index is 12.3. The van der Waals surface area contributed by atoms with Crippen molar-refractivity contribution in [2.45, 2.75) is 94.7 Å². The van der Waals surface area contributed by atoms with Gasteiger partial charge in [-0.15, -0.1) is 0 Å². The molecule has 2 saturated heterocycles. The third-order valence-corrected chi connectivity index (χ3v) is 6.31. The summed E-state index contributed by atoms with van der Waals surface area (Å²) in [6.07, 6.45) is 9.48. The topological polar surface area (TPSA) is 88.7 Å². The van der Waals surface area contributed by atoms with Crippen molar-refractivity contribution in [1.29, 1.82) is 0 Å². The predicted molar refractivity (Wildman–Crippen MR) is 88.0 cm³/mol. The molecule has 6 atom stereocenters. The summed E-state index contributed by atoms with van der Waals surface area (Å²) in [6.45, 7) is 0. The lowest BCUT2D eigenvalue weighted by atomic mass is 9.75. The van der Waals surface area contributed by atoms with Gasteiger partial charge in [-0.2, -0.15) is 0 Å². The van der Waals surface area contributed by atoms with Gasteiger partial charge in [0.1, 0.15) is 6.10 Å². The van der Waals surface area contributed by atoms with Gasteiger partial charge in [0.05, 0.1) is 24.4 Å². The number of unbranched alkanes of at least 4 members (excludes halogenated alkanes) is 1. The van der Waals surface area contributed by atoms with Gasteiger partial charge >= 0.3 is 11.9 Å². The van der Waals surface area contributed by atoms with Crippen molar-refractivity contribution in [3.63, 3.8) is 0 Å². The molecule has 4 fully saturated rings. The van der Waals surface area contributed by atoms with Crippen LogP contribution in [0.3, 0.4) is 0 Å². The predicted octanol–water partition coefficient (Wildman–Crippen LogP) is 2.68. The quantitative estimate of drug-likeness (QED) is 0.410. The fourth-order valence-corrected chi connectivity index (χ4v) is 4.80. The Bertz CT molecular complexity index is 492. The zero-order valence-corrected chi connectivity index (χ0v) is 14.6. The molecule has 0 aromatic carbocycles. The van der Waals surface area contributed by atoms with E-state index in [1.54, 1.807) is 0 Å². The van der Waals surface area contributed by atoms with Crippen LogP contribution in [0.5, 0.6) is 0 Å². The number of carbonyl (C=O) groups excluding carboxylic acids is 1. The minimum Gasteiger partial charge on any atom is -0.481 e. The average molecular weight is 352 g/mol. The minimum absolute atomic E-state index is 0.0257. The molecule has 1 N–H and O–H groups in total. The summed E-state index contributed by atoms with van der Waals surface area (Å²) in [5, 5.41) is 8.68. The van der Waals surface area contributed by atoms with Crippen LogP contribution in [-0.4, -0.2) is 47.6 Å². The van der Waals surface area contributed by atoms with E-state index in [9.17, 15) is 9.59 Å². The molecule has 0 radical (unpaired) electrons. The van der Waals surface area contributed by atoms with Crippen LogP contribution < -0.4 is 0 Å². The average Bonchev–Trinajstić information content (AvgIpc) is 3.49. The molecule has 4 rings (SSSR count). The normalized spacial score (nSPS) is 39.7. The molecule has 2 heterocycles. The Hall–Kier alpha value is -1.14. The Morgan fingerprint density at radius 1 is 0.880 bits per heavy atom. The summed E-state index contributed by atoms with van der Waals surface area (Å²) in [7, 11) is 0. The van der Waals surface area contributed by atoms with Gasteiger partial charge in [0.2, 0.25) is 0 Å². The molecule has 4 aliphatic rings. The van der Waals surface area contributed by atoms with Crippen LogP contribution in [0.25, 0.3) is 0 Å². The summed E-state index contributed by atoms with van der Waals surface area (Å²) in [5.41, 5.74) is 0. The number of carboxylic acid groups (broad SMARTS) is 1. The van der Waals surface area contributed by atoms with Gasteiger partial charge in [-0.05, 0) is 63.2 Å². The third-order valence-electron chi connectivity index (χ3n) is 6.31. The Morgan fingerprint density at radius 2 is 1.44 bits per heavy atom. The molecule has 0 amide bonds. The van der Waals surface area contributed by atoms with Gasteiger partial charge < -0.3 is 19.3 Å². The second-order valence-electron chi connectivity index (χ2n) is 8.13. The van der Waals surface area contributed by atoms with E-state index < -0.39 is 5.97 Å². The molecule has 6 unspecified atom stereocenters. The highest BCUT2D eigenvalue weighted by Gasteiger charge is 2.51. The van der Waals surface area contributed by atoms with Crippen LogP contribution in [0.2, 0.25) is 0 Å². The number of hydrogen-bond acceptors (Lipinski definition) is 5. The SMILES string of the molecule is O=C(O)CCCCC(=O)OC(C1CCC2OC2C1)C1CCC2OC2C1. The molecule has 0 aromatic heterocycles. The van der Waals surface area contributed by atoms with E-state index in [4.69, 9.17) is 19.3 Å². The van der Waals surface area contributed by atoms with Crippen molar-refractivity contribution in [2.24, 2.45) is 11.8 Å². The van der Waals surface area contributed by atoms with Gasteiger partial charge in [0.15, 0.2) is 0 Å². The van der Waals surface area contributed by atoms with Crippen LogP contribution in [0, 0.1) is 11.8 Å². The molecular weight excluding hydrogens is 324 g/mol. The first-order valence-electron chi connectivity index (χ1n) is 9.82. The lowest BCUT2D eigenvalue weighted by Crippen LogP contribution is -2.38. The van der Waals surface area contributed by atoms with E-state index in [1.165, 1.54) is 0 Å². The maximum Gasteiger partial charge on any atom is 0.306 e. The number of ether oxygens (including phenoxy) is 3. The van der Waals surface area contributed by atoms with Crippen molar-refractivity contribution < 1.29 is 28.9 Å². The molecule has 140 valence electrons. The first-order chi connectivity index (χ1) is 12.1. The zero-order valence-electron chi connectivity index (χ0n) is 14.6. The van der Waals surface area contributed by atoms with Gasteiger partial charge in [0.25, 0.3) is 0 Å². The van der Waals surface area contributed by atoms with E-state index in [0.29, 0.717) is 55.5 Å². The number of aliphatic carboxylic acids is 1. The summed E-state index contributed by atoms with van der Waals surface area (Å²) in [5.74, 6) is -0.194. The highest BCUT2D eigenvalue weighted by atomic mass is 16.6. The van der Waals surface area contributed by atoms with E-state index in [-0.39, 0.29) is 18.5 Å². The molecule has 6 heteroatoms. The second-order valence-corrected chi connectivity index (χ2v) is 8.13. The number of hydrogen-bond donors (Lipinski definition) is 1. The fraction of sp³-hybridized carbons (Fsp3) is 0.895. The van der Waals surface area contributed by atoms with Crippen molar-refractivity contribution >= 4 is 11.9 Å². The van der Waals surface area contributed by atoms with Crippen LogP contribution in [0.15, 0.2) is 0 Å². The fourth-order valence-electron chi connectivity index (χ4n) is 4.80. The molecule has 2 aliphatic heterocycles. The molecule has 6 nitrogen and oxygen atoms in total. The molecule has 2 saturated carbocycles. The summed E-state index contributed by atoms with van der Waals surface area (Å²) in [6, 6.07) is 0. The van der Waals surface area contributed by atoms with Crippen molar-refractivity contribution in [1.82, 2.24) is 0 Å². The molecule has 0 bridgehead atoms. The smallest absolute Gasteiger partial charge is 0.306 e. The van der Waals surface area contributed by atoms with E-state index in [1.807, 2.05) is 0 Å². The molecule has 0 spiro atoms. The third kappa shape index (κ3) is 4.34. The molecular formula is C19H28O6. The van der Waals surface area contributed by atoms with E-state index >= 15 is 0 Å². The monoisotopic (exact) mass is 352 g/mol. The highest BCUT2D eigenvalue weighted by Crippen LogP contribution is 2.47. The Morgan fingerprint density at radius 3 is 1.96 bits per heavy atom. The maximum absolute atomic E-state index is 12.3. The molecule has 25 heavy (non-hydrogen) atoms. The number of carboxylic acids is 1.